The van der Waals surface area contributed by atoms with Gasteiger partial charge in [0, 0.05) is 62.0 Å². The van der Waals surface area contributed by atoms with E-state index < -0.39 is 5.41 Å². The Morgan fingerprint density at radius 3 is 1.78 bits per heavy atom. The van der Waals surface area contributed by atoms with Crippen LogP contribution >= 0.6 is 0 Å². The van der Waals surface area contributed by atoms with Crippen molar-refractivity contribution in [2.75, 3.05) is 42.5 Å². The number of ether oxygens (including phenoxy) is 1. The maximum Gasteiger partial charge on any atom is 0.139 e. The Morgan fingerprint density at radius 2 is 1.16 bits per heavy atom. The molecule has 346 valence electrons. The highest BCUT2D eigenvalue weighted by atomic mass is 16.5. The molecule has 11 rings (SSSR count). The van der Waals surface area contributed by atoms with E-state index in [1.54, 1.807) is 0 Å². The van der Waals surface area contributed by atoms with Gasteiger partial charge in [-0.05, 0) is 114 Å². The summed E-state index contributed by atoms with van der Waals surface area (Å²) in [4.78, 5) is 12.0. The molecule has 0 N–H and O–H groups in total. The summed E-state index contributed by atoms with van der Waals surface area (Å²) in [6.07, 6.45) is 1.90. The van der Waals surface area contributed by atoms with Crippen LogP contribution in [0.3, 0.4) is 0 Å². The number of hydrogen-bond donors (Lipinski definition) is 0. The smallest absolute Gasteiger partial charge is 0.139 e. The fourth-order valence-corrected chi connectivity index (χ4v) is 11.7. The van der Waals surface area contributed by atoms with Gasteiger partial charge in [-0.2, -0.15) is 0 Å². The molecule has 0 bridgehead atoms. The summed E-state index contributed by atoms with van der Waals surface area (Å²) in [5, 5.41) is 2.34. The van der Waals surface area contributed by atoms with Crippen molar-refractivity contribution < 1.29 is 4.74 Å². The second kappa shape index (κ2) is 14.5. The molecule has 6 nitrogen and oxygen atoms in total. The third-order valence-electron chi connectivity index (χ3n) is 15.1. The minimum absolute atomic E-state index is 0.0478. The zero-order chi connectivity index (χ0) is 48.2. The molecule has 0 atom stereocenters. The van der Waals surface area contributed by atoms with Crippen molar-refractivity contribution in [3.8, 4) is 28.4 Å². The lowest BCUT2D eigenvalue weighted by Gasteiger charge is -2.46. The van der Waals surface area contributed by atoms with Crippen LogP contribution in [0.5, 0.6) is 11.5 Å². The van der Waals surface area contributed by atoms with Gasteiger partial charge in [0.2, 0.25) is 0 Å². The number of para-hydroxylation sites is 2. The second-order valence-electron chi connectivity index (χ2n) is 24.2. The van der Waals surface area contributed by atoms with E-state index in [0.29, 0.717) is 0 Å². The zero-order valence-corrected chi connectivity index (χ0v) is 42.9. The van der Waals surface area contributed by atoms with Gasteiger partial charge in [-0.3, -0.25) is 4.57 Å². The Bertz CT molecular complexity index is 3310. The number of anilines is 4. The molecule has 2 aromatic heterocycles. The molecule has 68 heavy (non-hydrogen) atoms. The van der Waals surface area contributed by atoms with Gasteiger partial charge >= 0.3 is 0 Å². The minimum Gasteiger partial charge on any atom is -0.457 e. The first kappa shape index (κ1) is 44.0. The number of rotatable bonds is 4. The van der Waals surface area contributed by atoms with E-state index in [1.165, 1.54) is 78.1 Å². The highest BCUT2D eigenvalue weighted by Crippen LogP contribution is 2.68. The molecule has 2 aliphatic heterocycles. The van der Waals surface area contributed by atoms with E-state index in [1.807, 2.05) is 6.20 Å². The van der Waals surface area contributed by atoms with Gasteiger partial charge in [0.05, 0.1) is 40.2 Å². The van der Waals surface area contributed by atoms with Crippen LogP contribution in [-0.2, 0) is 27.1 Å². The van der Waals surface area contributed by atoms with Gasteiger partial charge in [0.15, 0.2) is 0 Å². The molecule has 4 heterocycles. The predicted octanol–water partition coefficient (Wildman–Crippen LogP) is 15.4. The Balaban J connectivity index is 1.19. The van der Waals surface area contributed by atoms with Gasteiger partial charge in [-0.1, -0.05) is 144 Å². The first-order valence-corrected chi connectivity index (χ1v) is 24.5. The Hall–Kier alpha value is -6.53. The van der Waals surface area contributed by atoms with Crippen LogP contribution in [0.1, 0.15) is 128 Å². The number of hydrogen-bond acceptors (Lipinski definition) is 5. The van der Waals surface area contributed by atoms with Crippen molar-refractivity contribution in [1.82, 2.24) is 9.55 Å². The Kier molecular flexibility index (Phi) is 9.38. The van der Waals surface area contributed by atoms with E-state index in [2.05, 4.69) is 239 Å². The van der Waals surface area contributed by atoms with E-state index in [9.17, 15) is 0 Å². The van der Waals surface area contributed by atoms with Crippen molar-refractivity contribution in [1.29, 1.82) is 0 Å². The molecule has 6 heteroatoms. The van der Waals surface area contributed by atoms with Gasteiger partial charge < -0.3 is 19.4 Å². The van der Waals surface area contributed by atoms with Crippen molar-refractivity contribution >= 4 is 44.6 Å². The summed E-state index contributed by atoms with van der Waals surface area (Å²) in [6, 6.07) is 43.6. The molecule has 0 saturated heterocycles. The number of nitrogens with zero attached hydrogens (tertiary/aromatic N) is 5. The summed E-state index contributed by atoms with van der Waals surface area (Å²) >= 11 is 0. The Morgan fingerprint density at radius 1 is 0.559 bits per heavy atom. The topological polar surface area (TPSA) is 36.8 Å². The van der Waals surface area contributed by atoms with E-state index in [-0.39, 0.29) is 21.7 Å². The van der Waals surface area contributed by atoms with Crippen molar-refractivity contribution in [2.45, 2.75) is 110 Å². The molecule has 1 aliphatic carbocycles. The van der Waals surface area contributed by atoms with Crippen LogP contribution in [0.4, 0.5) is 22.7 Å². The van der Waals surface area contributed by atoms with Crippen LogP contribution in [0.15, 0.2) is 121 Å². The maximum atomic E-state index is 7.10. The van der Waals surface area contributed by atoms with Crippen LogP contribution in [0.2, 0.25) is 0 Å². The molecule has 8 aromatic rings. The summed E-state index contributed by atoms with van der Waals surface area (Å²) in [6.45, 7) is 29.4. The second-order valence-corrected chi connectivity index (χ2v) is 24.2. The van der Waals surface area contributed by atoms with E-state index in [4.69, 9.17) is 9.72 Å². The van der Waals surface area contributed by atoms with Crippen LogP contribution < -0.4 is 19.4 Å². The molecule has 6 aromatic carbocycles. The van der Waals surface area contributed by atoms with Crippen molar-refractivity contribution in [3.05, 3.63) is 166 Å². The average Bonchev–Trinajstić information content (AvgIpc) is 3.89. The van der Waals surface area contributed by atoms with Gasteiger partial charge in [-0.25, -0.2) is 4.98 Å². The standard InChI is InChI=1S/C62H67N5O/c1-58(2,3)37-29-44-45-30-38(59(4,5)6)32-49(61(10,11)12)56(45)62(55(44)48(31-37)60(7,8)9)46-26-24-41(35-53(46)66-36-65(15)51-22-18-20-47(62)57(51)66)68-40-23-25-43-42-19-16-17-21-50(42)67(52(43)34-40)54-33-39(64(13)14)27-28-63-54/h16-35H,36H2,1-15H3. The van der Waals surface area contributed by atoms with E-state index in [0.717, 1.165) is 46.1 Å². The quantitative estimate of drug-likeness (QED) is 0.176. The lowest BCUT2D eigenvalue weighted by Crippen LogP contribution is -2.40. The predicted molar refractivity (Wildman–Crippen MR) is 287 cm³/mol. The number of benzene rings is 6. The van der Waals surface area contributed by atoms with Crippen LogP contribution in [0.25, 0.3) is 38.8 Å². The number of aromatic nitrogens is 2. The SMILES string of the molecule is CN(C)c1ccnc(-n2c3ccccc3c3ccc(Oc4ccc5c(c4)N4CN(C)c6cccc(c64)C54c5c(cc(C(C)(C)C)cc5C(C)(C)C)-c5cc(C(C)(C)C)cc(C(C)(C)C)c54)cc32)c1. The summed E-state index contributed by atoms with van der Waals surface area (Å²) < 4.78 is 9.36. The molecule has 0 saturated carbocycles. The molecular formula is C62H67N5O. The van der Waals surface area contributed by atoms with E-state index >= 15 is 0 Å². The monoisotopic (exact) mass is 898 g/mol. The average molecular weight is 898 g/mol. The summed E-state index contributed by atoms with van der Waals surface area (Å²) in [5.74, 6) is 2.46. The summed E-state index contributed by atoms with van der Waals surface area (Å²) in [5.41, 5.74) is 19.8. The maximum absolute atomic E-state index is 7.10. The fraction of sp³-hybridized carbons (Fsp3) is 0.339. The molecule has 0 radical (unpaired) electrons. The molecule has 0 unspecified atom stereocenters. The Labute approximate surface area is 404 Å². The summed E-state index contributed by atoms with van der Waals surface area (Å²) in [7, 11) is 6.38. The lowest BCUT2D eigenvalue weighted by molar-refractivity contribution is 0.482. The molecule has 0 amide bonds. The van der Waals surface area contributed by atoms with Gasteiger partial charge in [0.1, 0.15) is 17.3 Å². The molecule has 0 fully saturated rings. The van der Waals surface area contributed by atoms with Crippen molar-refractivity contribution in [2.24, 2.45) is 0 Å². The largest absolute Gasteiger partial charge is 0.457 e. The third kappa shape index (κ3) is 6.38. The normalized spacial score (nSPS) is 15.0. The highest BCUT2D eigenvalue weighted by Gasteiger charge is 2.57. The molecular weight excluding hydrogens is 831 g/mol. The number of pyridine rings is 1. The molecule has 1 spiro atoms. The van der Waals surface area contributed by atoms with Gasteiger partial charge in [-0.15, -0.1) is 0 Å². The number of fused-ring (bicyclic) bond motifs is 12. The van der Waals surface area contributed by atoms with Crippen LogP contribution in [0, 0.1) is 0 Å². The zero-order valence-electron chi connectivity index (χ0n) is 42.9. The highest BCUT2D eigenvalue weighted by molar-refractivity contribution is 6.09. The minimum atomic E-state index is -0.614. The first-order chi connectivity index (χ1) is 32.0. The first-order valence-electron chi connectivity index (χ1n) is 24.5. The van der Waals surface area contributed by atoms with Gasteiger partial charge in [0.25, 0.3) is 0 Å². The molecule has 3 aliphatic rings. The third-order valence-corrected chi connectivity index (χ3v) is 15.1. The van der Waals surface area contributed by atoms with Crippen LogP contribution in [-0.4, -0.2) is 37.4 Å². The lowest BCUT2D eigenvalue weighted by atomic mass is 9.59. The van der Waals surface area contributed by atoms with Crippen molar-refractivity contribution in [3.63, 3.8) is 0 Å². The fourth-order valence-electron chi connectivity index (χ4n) is 11.7.